The standard InChI is InChI=1S/C22H18O2/c23-21(18-12-6-2-7-13-18)20(16-17-10-4-1-5-11-17)22(24)19-14-8-3-9-15-19/h1-16,21,23H/b20-16-. The fourth-order valence-electron chi connectivity index (χ4n) is 2.57. The minimum absolute atomic E-state index is 0.171. The van der Waals surface area contributed by atoms with Crippen molar-refractivity contribution in [2.24, 2.45) is 0 Å². The van der Waals surface area contributed by atoms with Crippen LogP contribution in [0.1, 0.15) is 27.6 Å². The van der Waals surface area contributed by atoms with Crippen molar-refractivity contribution in [1.29, 1.82) is 0 Å². The molecular formula is C22H18O2. The van der Waals surface area contributed by atoms with E-state index in [1.54, 1.807) is 18.2 Å². The van der Waals surface area contributed by atoms with Crippen LogP contribution in [0.5, 0.6) is 0 Å². The summed E-state index contributed by atoms with van der Waals surface area (Å²) in [5.74, 6) is -0.171. The van der Waals surface area contributed by atoms with Crippen LogP contribution in [0, 0.1) is 0 Å². The van der Waals surface area contributed by atoms with E-state index in [9.17, 15) is 9.90 Å². The number of carbonyl (C=O) groups is 1. The highest BCUT2D eigenvalue weighted by Gasteiger charge is 2.21. The summed E-state index contributed by atoms with van der Waals surface area (Å²) in [5, 5.41) is 10.8. The Hall–Kier alpha value is -2.97. The Morgan fingerprint density at radius 2 is 1.25 bits per heavy atom. The first-order chi connectivity index (χ1) is 11.8. The second-order valence-electron chi connectivity index (χ2n) is 5.52. The van der Waals surface area contributed by atoms with Gasteiger partial charge in [-0.3, -0.25) is 4.79 Å². The summed E-state index contributed by atoms with van der Waals surface area (Å²) in [7, 11) is 0. The molecule has 0 amide bonds. The summed E-state index contributed by atoms with van der Waals surface area (Å²) < 4.78 is 0. The van der Waals surface area contributed by atoms with E-state index in [0.29, 0.717) is 16.7 Å². The van der Waals surface area contributed by atoms with Gasteiger partial charge in [-0.15, -0.1) is 0 Å². The molecule has 0 saturated carbocycles. The van der Waals surface area contributed by atoms with Crippen molar-refractivity contribution >= 4 is 11.9 Å². The van der Waals surface area contributed by atoms with Crippen molar-refractivity contribution < 1.29 is 9.90 Å². The smallest absolute Gasteiger partial charge is 0.191 e. The van der Waals surface area contributed by atoms with Gasteiger partial charge in [0.05, 0.1) is 0 Å². The molecular weight excluding hydrogens is 296 g/mol. The number of carbonyl (C=O) groups excluding carboxylic acids is 1. The number of benzene rings is 3. The Bertz CT molecular complexity index is 822. The fraction of sp³-hybridized carbons (Fsp3) is 0.0455. The first kappa shape index (κ1) is 15.9. The monoisotopic (exact) mass is 314 g/mol. The first-order valence-corrected chi connectivity index (χ1v) is 7.85. The maximum absolute atomic E-state index is 12.9. The number of hydrogen-bond acceptors (Lipinski definition) is 2. The molecule has 3 aromatic rings. The zero-order valence-corrected chi connectivity index (χ0v) is 13.2. The van der Waals surface area contributed by atoms with Crippen molar-refractivity contribution in [3.63, 3.8) is 0 Å². The van der Waals surface area contributed by atoms with Crippen LogP contribution >= 0.6 is 0 Å². The average Bonchev–Trinajstić information content (AvgIpc) is 2.67. The summed E-state index contributed by atoms with van der Waals surface area (Å²) in [6, 6.07) is 27.8. The van der Waals surface area contributed by atoms with Crippen LogP contribution in [0.4, 0.5) is 0 Å². The van der Waals surface area contributed by atoms with E-state index >= 15 is 0 Å². The zero-order chi connectivity index (χ0) is 16.8. The number of rotatable bonds is 5. The molecule has 0 saturated heterocycles. The SMILES string of the molecule is O=C(/C(=C\c1ccccc1)C(O)c1ccccc1)c1ccccc1. The predicted octanol–water partition coefficient (Wildman–Crippen LogP) is 4.69. The molecule has 24 heavy (non-hydrogen) atoms. The number of hydrogen-bond donors (Lipinski definition) is 1. The van der Waals surface area contributed by atoms with Gasteiger partial charge in [0, 0.05) is 11.1 Å². The lowest BCUT2D eigenvalue weighted by Gasteiger charge is -2.15. The molecule has 1 N–H and O–H groups in total. The largest absolute Gasteiger partial charge is 0.384 e. The van der Waals surface area contributed by atoms with Gasteiger partial charge in [-0.2, -0.15) is 0 Å². The number of ketones is 1. The topological polar surface area (TPSA) is 37.3 Å². The molecule has 0 aliphatic heterocycles. The van der Waals surface area contributed by atoms with Gasteiger partial charge in [0.2, 0.25) is 0 Å². The third kappa shape index (κ3) is 3.67. The summed E-state index contributed by atoms with van der Waals surface area (Å²) in [5.41, 5.74) is 2.50. The summed E-state index contributed by atoms with van der Waals surface area (Å²) in [6.07, 6.45) is 0.784. The van der Waals surface area contributed by atoms with Crippen molar-refractivity contribution in [2.75, 3.05) is 0 Å². The summed E-state index contributed by atoms with van der Waals surface area (Å²) in [6.45, 7) is 0. The van der Waals surface area contributed by atoms with Crippen molar-refractivity contribution in [3.8, 4) is 0 Å². The van der Waals surface area contributed by atoms with Crippen LogP contribution in [0.3, 0.4) is 0 Å². The Morgan fingerprint density at radius 1 is 0.750 bits per heavy atom. The van der Waals surface area contributed by atoms with Crippen molar-refractivity contribution in [3.05, 3.63) is 113 Å². The molecule has 0 bridgehead atoms. The molecule has 0 aromatic heterocycles. The van der Waals surface area contributed by atoms with Crippen LogP contribution in [0.15, 0.2) is 96.6 Å². The molecule has 3 aromatic carbocycles. The summed E-state index contributed by atoms with van der Waals surface area (Å²) >= 11 is 0. The van der Waals surface area contributed by atoms with Gasteiger partial charge in [0.15, 0.2) is 5.78 Å². The first-order valence-electron chi connectivity index (χ1n) is 7.85. The molecule has 1 unspecified atom stereocenters. The Labute approximate surface area is 141 Å². The third-order valence-corrected chi connectivity index (χ3v) is 3.83. The highest BCUT2D eigenvalue weighted by atomic mass is 16.3. The van der Waals surface area contributed by atoms with E-state index in [-0.39, 0.29) is 5.78 Å². The van der Waals surface area contributed by atoms with E-state index in [1.165, 1.54) is 0 Å². The van der Waals surface area contributed by atoms with Crippen molar-refractivity contribution in [1.82, 2.24) is 0 Å². The average molecular weight is 314 g/mol. The second-order valence-corrected chi connectivity index (χ2v) is 5.52. The maximum Gasteiger partial charge on any atom is 0.191 e. The lowest BCUT2D eigenvalue weighted by atomic mass is 9.92. The minimum atomic E-state index is -0.973. The quantitative estimate of drug-likeness (QED) is 0.548. The predicted molar refractivity (Wildman–Crippen MR) is 96.6 cm³/mol. The molecule has 0 spiro atoms. The normalized spacial score (nSPS) is 12.6. The van der Waals surface area contributed by atoms with Crippen LogP contribution < -0.4 is 0 Å². The van der Waals surface area contributed by atoms with E-state index < -0.39 is 6.10 Å². The maximum atomic E-state index is 12.9. The Kier molecular flexibility index (Phi) is 4.99. The van der Waals surface area contributed by atoms with Crippen molar-refractivity contribution in [2.45, 2.75) is 6.10 Å². The van der Waals surface area contributed by atoms with Crippen LogP contribution in [-0.4, -0.2) is 10.9 Å². The van der Waals surface area contributed by atoms with Gasteiger partial charge in [-0.05, 0) is 17.2 Å². The van der Waals surface area contributed by atoms with Gasteiger partial charge in [0.1, 0.15) is 6.10 Å². The molecule has 118 valence electrons. The van der Waals surface area contributed by atoms with Gasteiger partial charge in [-0.1, -0.05) is 91.0 Å². The Balaban J connectivity index is 2.04. The second kappa shape index (κ2) is 7.53. The lowest BCUT2D eigenvalue weighted by molar-refractivity contribution is 0.0989. The molecule has 1 atom stereocenters. The van der Waals surface area contributed by atoms with Gasteiger partial charge < -0.3 is 5.11 Å². The zero-order valence-electron chi connectivity index (χ0n) is 13.2. The summed E-state index contributed by atoms with van der Waals surface area (Å²) in [4.78, 5) is 12.9. The van der Waals surface area contributed by atoms with Crippen LogP contribution in [-0.2, 0) is 0 Å². The molecule has 0 heterocycles. The van der Waals surface area contributed by atoms with Gasteiger partial charge in [-0.25, -0.2) is 0 Å². The molecule has 2 nitrogen and oxygen atoms in total. The fourth-order valence-corrected chi connectivity index (χ4v) is 2.57. The number of aliphatic hydroxyl groups excluding tert-OH is 1. The Morgan fingerprint density at radius 3 is 1.83 bits per heavy atom. The number of Topliss-reactive ketones (excluding diaryl/α,β-unsaturated/α-hetero) is 1. The highest BCUT2D eigenvalue weighted by Crippen LogP contribution is 2.26. The number of aliphatic hydroxyl groups is 1. The molecule has 0 aliphatic carbocycles. The highest BCUT2D eigenvalue weighted by molar-refractivity contribution is 6.12. The molecule has 0 aliphatic rings. The van der Waals surface area contributed by atoms with Crippen LogP contribution in [0.25, 0.3) is 6.08 Å². The van der Waals surface area contributed by atoms with Gasteiger partial charge in [0.25, 0.3) is 0 Å². The van der Waals surface area contributed by atoms with E-state index in [1.807, 2.05) is 78.9 Å². The third-order valence-electron chi connectivity index (χ3n) is 3.83. The molecule has 0 fully saturated rings. The van der Waals surface area contributed by atoms with E-state index in [0.717, 1.165) is 5.56 Å². The van der Waals surface area contributed by atoms with E-state index in [4.69, 9.17) is 0 Å². The van der Waals surface area contributed by atoms with Crippen LogP contribution in [0.2, 0.25) is 0 Å². The molecule has 3 rings (SSSR count). The minimum Gasteiger partial charge on any atom is -0.384 e. The van der Waals surface area contributed by atoms with Gasteiger partial charge >= 0.3 is 0 Å². The van der Waals surface area contributed by atoms with E-state index in [2.05, 4.69) is 0 Å². The molecule has 2 heteroatoms. The molecule has 0 radical (unpaired) electrons. The lowest BCUT2D eigenvalue weighted by Crippen LogP contribution is -2.12.